The lowest BCUT2D eigenvalue weighted by Crippen LogP contribution is -2.26. The average molecular weight is 369 g/mol. The SMILES string of the molecule is NC1=c2ccc3c(c2CCC1)CC=c1c(Cc2cccc(O)c2O)cccc1=3. The summed E-state index contributed by atoms with van der Waals surface area (Å²) in [7, 11) is 0. The highest BCUT2D eigenvalue weighted by Gasteiger charge is 2.15. The first kappa shape index (κ1) is 16.9. The number of phenolic OH excluding ortho intramolecular Hbond substituents is 2. The molecule has 3 aromatic carbocycles. The number of benzene rings is 3. The molecule has 28 heavy (non-hydrogen) atoms. The van der Waals surface area contributed by atoms with Gasteiger partial charge >= 0.3 is 0 Å². The summed E-state index contributed by atoms with van der Waals surface area (Å²) in [4.78, 5) is 0. The number of para-hydroxylation sites is 1. The molecule has 0 bridgehead atoms. The maximum Gasteiger partial charge on any atom is 0.161 e. The van der Waals surface area contributed by atoms with Crippen molar-refractivity contribution in [2.45, 2.75) is 32.1 Å². The lowest BCUT2D eigenvalue weighted by Gasteiger charge is -2.19. The van der Waals surface area contributed by atoms with E-state index in [0.717, 1.165) is 42.5 Å². The van der Waals surface area contributed by atoms with Crippen LogP contribution < -0.4 is 16.2 Å². The van der Waals surface area contributed by atoms with Gasteiger partial charge in [0.1, 0.15) is 0 Å². The van der Waals surface area contributed by atoms with Gasteiger partial charge in [0.2, 0.25) is 0 Å². The van der Waals surface area contributed by atoms with Crippen LogP contribution in [0.4, 0.5) is 0 Å². The van der Waals surface area contributed by atoms with E-state index < -0.39 is 0 Å². The third-order valence-electron chi connectivity index (χ3n) is 6.13. The van der Waals surface area contributed by atoms with Gasteiger partial charge in [-0.2, -0.15) is 0 Å². The highest BCUT2D eigenvalue weighted by atomic mass is 16.3. The number of hydrogen-bond acceptors (Lipinski definition) is 3. The molecule has 0 fully saturated rings. The van der Waals surface area contributed by atoms with E-state index in [-0.39, 0.29) is 11.5 Å². The molecule has 0 unspecified atom stereocenters. The van der Waals surface area contributed by atoms with Gasteiger partial charge in [0.25, 0.3) is 0 Å². The van der Waals surface area contributed by atoms with Gasteiger partial charge < -0.3 is 15.9 Å². The summed E-state index contributed by atoms with van der Waals surface area (Å²) in [5, 5.41) is 25.0. The molecule has 140 valence electrons. The fourth-order valence-electron chi connectivity index (χ4n) is 4.73. The predicted octanol–water partition coefficient (Wildman–Crippen LogP) is 2.72. The molecule has 0 aromatic heterocycles. The van der Waals surface area contributed by atoms with Crippen LogP contribution >= 0.6 is 0 Å². The monoisotopic (exact) mass is 369 g/mol. The Morgan fingerprint density at radius 1 is 0.786 bits per heavy atom. The number of rotatable bonds is 2. The highest BCUT2D eigenvalue weighted by Crippen LogP contribution is 2.29. The quantitative estimate of drug-likeness (QED) is 0.609. The van der Waals surface area contributed by atoms with Gasteiger partial charge in [-0.3, -0.25) is 0 Å². The minimum absolute atomic E-state index is 0.0311. The summed E-state index contributed by atoms with van der Waals surface area (Å²) < 4.78 is 0. The van der Waals surface area contributed by atoms with E-state index in [0.29, 0.717) is 6.42 Å². The van der Waals surface area contributed by atoms with Gasteiger partial charge in [0.15, 0.2) is 11.5 Å². The van der Waals surface area contributed by atoms with Gasteiger partial charge in [-0.25, -0.2) is 0 Å². The van der Waals surface area contributed by atoms with Gasteiger partial charge in [0.05, 0.1) is 0 Å². The number of aromatic hydroxyl groups is 2. The van der Waals surface area contributed by atoms with Crippen LogP contribution in [0.5, 0.6) is 11.5 Å². The molecule has 0 aliphatic heterocycles. The average Bonchev–Trinajstić information content (AvgIpc) is 2.71. The number of fused-ring (bicyclic) bond motifs is 4. The smallest absolute Gasteiger partial charge is 0.161 e. The molecule has 2 aliphatic carbocycles. The van der Waals surface area contributed by atoms with Crippen LogP contribution in [-0.2, 0) is 19.3 Å². The summed E-state index contributed by atoms with van der Waals surface area (Å²) >= 11 is 0. The number of nitrogens with two attached hydrogens (primary N) is 1. The Balaban J connectivity index is 1.75. The second-order valence-corrected chi connectivity index (χ2v) is 7.74. The fraction of sp³-hybridized carbons (Fsp3) is 0.200. The van der Waals surface area contributed by atoms with E-state index in [2.05, 4.69) is 36.4 Å². The standard InChI is InChI=1S/C25H23NO2/c26-23-8-3-7-19-21-11-10-17-15(14-16-5-2-9-24(27)25(16)28)4-1-6-18(17)20(21)12-13-22(19)23/h1-2,4-6,9-10,12-13,27-28H,3,7-8,11,14,26H2. The van der Waals surface area contributed by atoms with Crippen LogP contribution in [0.1, 0.15) is 35.1 Å². The molecule has 0 radical (unpaired) electrons. The molecular weight excluding hydrogens is 346 g/mol. The van der Waals surface area contributed by atoms with E-state index in [1.165, 1.54) is 38.1 Å². The Morgan fingerprint density at radius 3 is 2.46 bits per heavy atom. The van der Waals surface area contributed by atoms with Gasteiger partial charge in [-0.05, 0) is 69.3 Å². The van der Waals surface area contributed by atoms with Crippen LogP contribution in [0.15, 0.2) is 48.5 Å². The Morgan fingerprint density at radius 2 is 1.57 bits per heavy atom. The summed E-state index contributed by atoms with van der Waals surface area (Å²) in [5.41, 5.74) is 12.0. The highest BCUT2D eigenvalue weighted by molar-refractivity contribution is 5.53. The molecule has 4 N–H and O–H groups in total. The summed E-state index contributed by atoms with van der Waals surface area (Å²) in [6.45, 7) is 0. The molecule has 3 heteroatoms. The van der Waals surface area contributed by atoms with E-state index in [9.17, 15) is 10.2 Å². The van der Waals surface area contributed by atoms with Crippen LogP contribution in [0.25, 0.3) is 11.8 Å². The molecule has 0 heterocycles. The van der Waals surface area contributed by atoms with Gasteiger partial charge in [0, 0.05) is 17.7 Å². The molecule has 0 atom stereocenters. The Hall–Kier alpha value is -3.20. The molecular formula is C25H23NO2. The first-order valence-corrected chi connectivity index (χ1v) is 9.85. The summed E-state index contributed by atoms with van der Waals surface area (Å²) in [5.74, 6) is -0.103. The maximum absolute atomic E-state index is 10.2. The summed E-state index contributed by atoms with van der Waals surface area (Å²) in [6.07, 6.45) is 7.00. The molecule has 3 aromatic rings. The van der Waals surface area contributed by atoms with Crippen LogP contribution in [0, 0.1) is 10.4 Å². The van der Waals surface area contributed by atoms with E-state index in [4.69, 9.17) is 5.73 Å². The van der Waals surface area contributed by atoms with Crippen molar-refractivity contribution in [3.05, 3.63) is 91.7 Å². The zero-order chi connectivity index (χ0) is 19.3. The van der Waals surface area contributed by atoms with Crippen molar-refractivity contribution in [3.8, 4) is 11.5 Å². The predicted molar refractivity (Wildman–Crippen MR) is 111 cm³/mol. The molecule has 0 spiro atoms. The Bertz CT molecular complexity index is 1320. The minimum atomic E-state index is -0.0721. The van der Waals surface area contributed by atoms with Crippen LogP contribution in [0.2, 0.25) is 0 Å². The third-order valence-corrected chi connectivity index (χ3v) is 6.13. The maximum atomic E-state index is 10.2. The second kappa shape index (κ2) is 6.45. The molecule has 3 nitrogen and oxygen atoms in total. The number of phenols is 2. The Kier molecular flexibility index (Phi) is 3.90. The summed E-state index contributed by atoms with van der Waals surface area (Å²) in [6, 6.07) is 15.9. The minimum Gasteiger partial charge on any atom is -0.504 e. The van der Waals surface area contributed by atoms with Crippen molar-refractivity contribution >= 4 is 11.8 Å². The van der Waals surface area contributed by atoms with Crippen LogP contribution in [0.3, 0.4) is 0 Å². The second-order valence-electron chi connectivity index (χ2n) is 7.74. The lowest BCUT2D eigenvalue weighted by molar-refractivity contribution is 0.400. The van der Waals surface area contributed by atoms with Gasteiger partial charge in [-0.1, -0.05) is 48.5 Å². The fourth-order valence-corrected chi connectivity index (χ4v) is 4.73. The largest absolute Gasteiger partial charge is 0.504 e. The van der Waals surface area contributed by atoms with E-state index >= 15 is 0 Å². The van der Waals surface area contributed by atoms with Crippen molar-refractivity contribution in [2.24, 2.45) is 5.73 Å². The zero-order valence-electron chi connectivity index (χ0n) is 15.7. The normalized spacial score (nSPS) is 14.6. The van der Waals surface area contributed by atoms with Crippen molar-refractivity contribution in [3.63, 3.8) is 0 Å². The topological polar surface area (TPSA) is 66.5 Å². The molecule has 0 saturated carbocycles. The molecule has 0 amide bonds. The first-order valence-electron chi connectivity index (χ1n) is 9.85. The molecule has 0 saturated heterocycles. The van der Waals surface area contributed by atoms with Crippen molar-refractivity contribution in [2.75, 3.05) is 0 Å². The number of hydrogen-bond donors (Lipinski definition) is 3. The molecule has 5 rings (SSSR count). The van der Waals surface area contributed by atoms with Crippen molar-refractivity contribution in [1.29, 1.82) is 0 Å². The Labute approximate surface area is 163 Å². The van der Waals surface area contributed by atoms with Gasteiger partial charge in [-0.15, -0.1) is 0 Å². The van der Waals surface area contributed by atoms with Crippen LogP contribution in [-0.4, -0.2) is 10.2 Å². The van der Waals surface area contributed by atoms with Crippen molar-refractivity contribution in [1.82, 2.24) is 0 Å². The molecule has 2 aliphatic rings. The lowest BCUT2D eigenvalue weighted by atomic mass is 9.87. The van der Waals surface area contributed by atoms with E-state index in [1.54, 1.807) is 6.07 Å². The van der Waals surface area contributed by atoms with E-state index in [1.807, 2.05) is 6.07 Å². The first-order chi connectivity index (χ1) is 13.6. The third kappa shape index (κ3) is 2.58. The van der Waals surface area contributed by atoms with Crippen molar-refractivity contribution < 1.29 is 10.2 Å². The zero-order valence-corrected chi connectivity index (χ0v) is 15.7.